The molecule has 20 heavy (non-hydrogen) atoms. The van der Waals surface area contributed by atoms with Crippen molar-refractivity contribution in [2.24, 2.45) is 0 Å². The molecule has 1 heterocycles. The van der Waals surface area contributed by atoms with Crippen molar-refractivity contribution in [2.75, 3.05) is 32.5 Å². The molecule has 2 rings (SSSR count). The number of halogens is 1. The summed E-state index contributed by atoms with van der Waals surface area (Å²) < 4.78 is 0. The van der Waals surface area contributed by atoms with Crippen LogP contribution in [0.1, 0.15) is 10.4 Å². The second kappa shape index (κ2) is 6.07. The van der Waals surface area contributed by atoms with Gasteiger partial charge >= 0.3 is 5.97 Å². The summed E-state index contributed by atoms with van der Waals surface area (Å²) >= 11 is 6.00. The van der Waals surface area contributed by atoms with Crippen molar-refractivity contribution in [3.05, 3.63) is 35.0 Å². The quantitative estimate of drug-likeness (QED) is 0.774. The van der Waals surface area contributed by atoms with Crippen molar-refractivity contribution in [3.63, 3.8) is 0 Å². The third-order valence-corrected chi connectivity index (χ3v) is 3.22. The highest BCUT2D eigenvalue weighted by atomic mass is 35.5. The molecular weight excluding hydrogens is 278 g/mol. The minimum Gasteiger partial charge on any atom is -0.478 e. The summed E-state index contributed by atoms with van der Waals surface area (Å²) in [5.74, 6) is -1.00. The maximum absolute atomic E-state index is 11.3. The van der Waals surface area contributed by atoms with Gasteiger partial charge in [0.15, 0.2) is 0 Å². The Balaban J connectivity index is 2.47. The van der Waals surface area contributed by atoms with E-state index in [1.54, 1.807) is 18.2 Å². The lowest BCUT2D eigenvalue weighted by atomic mass is 10.1. The Morgan fingerprint density at radius 1 is 1.45 bits per heavy atom. The number of nitrogens with one attached hydrogen (secondary N) is 2. The number of carboxylic acid groups (broad SMARTS) is 1. The van der Waals surface area contributed by atoms with Gasteiger partial charge in [-0.25, -0.2) is 4.79 Å². The van der Waals surface area contributed by atoms with Crippen LogP contribution in [0.25, 0.3) is 10.9 Å². The number of hydrogen-bond donors (Lipinski definition) is 3. The molecule has 5 nitrogen and oxygen atoms in total. The first kappa shape index (κ1) is 14.6. The maximum atomic E-state index is 11.3. The number of quaternary nitrogens is 1. The van der Waals surface area contributed by atoms with Crippen LogP contribution in [0.3, 0.4) is 0 Å². The van der Waals surface area contributed by atoms with Gasteiger partial charge in [0.2, 0.25) is 0 Å². The molecule has 0 bridgehead atoms. The maximum Gasteiger partial charge on any atom is 0.339 e. The smallest absolute Gasteiger partial charge is 0.339 e. The summed E-state index contributed by atoms with van der Waals surface area (Å²) in [4.78, 5) is 16.8. The predicted molar refractivity (Wildman–Crippen MR) is 79.9 cm³/mol. The van der Waals surface area contributed by atoms with Crippen LogP contribution in [0.2, 0.25) is 5.02 Å². The molecule has 0 aliphatic carbocycles. The van der Waals surface area contributed by atoms with Gasteiger partial charge in [0.05, 0.1) is 38.4 Å². The van der Waals surface area contributed by atoms with E-state index in [1.807, 2.05) is 14.1 Å². The number of benzene rings is 1. The normalized spacial score (nSPS) is 11.0. The van der Waals surface area contributed by atoms with Crippen LogP contribution in [0.4, 0.5) is 5.69 Å². The third-order valence-electron chi connectivity index (χ3n) is 2.99. The Morgan fingerprint density at radius 3 is 2.85 bits per heavy atom. The first-order chi connectivity index (χ1) is 9.49. The summed E-state index contributed by atoms with van der Waals surface area (Å²) in [6, 6.07) is 5.26. The van der Waals surface area contributed by atoms with Gasteiger partial charge in [-0.15, -0.1) is 0 Å². The van der Waals surface area contributed by atoms with Crippen LogP contribution in [0.15, 0.2) is 24.4 Å². The monoisotopic (exact) mass is 294 g/mol. The van der Waals surface area contributed by atoms with Gasteiger partial charge in [-0.2, -0.15) is 0 Å². The summed E-state index contributed by atoms with van der Waals surface area (Å²) in [5.41, 5.74) is 1.46. The standard InChI is InChI=1S/C14H16ClN3O2/c1-18(2)6-5-16-13-10-7-9(15)3-4-12(10)17-8-11(13)14(19)20/h3-4,7-8H,5-6H2,1-2H3,(H,16,17)(H,19,20)/p+1. The van der Waals surface area contributed by atoms with Crippen molar-refractivity contribution in [2.45, 2.75) is 0 Å². The zero-order chi connectivity index (χ0) is 14.7. The van der Waals surface area contributed by atoms with Crippen LogP contribution in [0, 0.1) is 0 Å². The van der Waals surface area contributed by atoms with Crippen LogP contribution in [-0.2, 0) is 0 Å². The number of hydrogen-bond acceptors (Lipinski definition) is 3. The van der Waals surface area contributed by atoms with E-state index in [2.05, 4.69) is 10.3 Å². The summed E-state index contributed by atoms with van der Waals surface area (Å²) in [5, 5.41) is 13.8. The number of aromatic nitrogens is 1. The molecular formula is C14H17ClN3O2+. The average Bonchev–Trinajstić information content (AvgIpc) is 2.38. The van der Waals surface area contributed by atoms with Gasteiger partial charge in [-0.1, -0.05) is 11.6 Å². The Kier molecular flexibility index (Phi) is 4.42. The van der Waals surface area contributed by atoms with E-state index < -0.39 is 5.97 Å². The number of carbonyl (C=O) groups is 1. The number of aromatic carboxylic acids is 1. The molecule has 1 aromatic heterocycles. The van der Waals surface area contributed by atoms with E-state index in [9.17, 15) is 9.90 Å². The molecule has 0 amide bonds. The lowest BCUT2D eigenvalue weighted by Crippen LogP contribution is -3.06. The van der Waals surface area contributed by atoms with Gasteiger partial charge in [0.25, 0.3) is 0 Å². The molecule has 0 fully saturated rings. The Bertz CT molecular complexity index is 644. The summed E-state index contributed by atoms with van der Waals surface area (Å²) in [6.45, 7) is 1.55. The SMILES string of the molecule is C[NH+](C)CCNc1c(C(=O)O)cnc2ccc(Cl)cc12. The number of carboxylic acids is 1. The van der Waals surface area contributed by atoms with Gasteiger partial charge in [0, 0.05) is 16.6 Å². The second-order valence-electron chi connectivity index (χ2n) is 4.90. The van der Waals surface area contributed by atoms with Crippen molar-refractivity contribution >= 4 is 34.2 Å². The van der Waals surface area contributed by atoms with E-state index >= 15 is 0 Å². The highest BCUT2D eigenvalue weighted by Gasteiger charge is 2.14. The molecule has 0 saturated carbocycles. The second-order valence-corrected chi connectivity index (χ2v) is 5.33. The minimum atomic E-state index is -1.00. The zero-order valence-corrected chi connectivity index (χ0v) is 12.2. The Labute approximate surface area is 122 Å². The number of fused-ring (bicyclic) bond motifs is 1. The fourth-order valence-corrected chi connectivity index (χ4v) is 2.13. The highest BCUT2D eigenvalue weighted by Crippen LogP contribution is 2.28. The molecule has 0 saturated heterocycles. The molecule has 106 valence electrons. The van der Waals surface area contributed by atoms with Crippen molar-refractivity contribution in [1.82, 2.24) is 4.98 Å². The molecule has 3 N–H and O–H groups in total. The predicted octanol–water partition coefficient (Wildman–Crippen LogP) is 1.14. The highest BCUT2D eigenvalue weighted by molar-refractivity contribution is 6.31. The van der Waals surface area contributed by atoms with Crippen molar-refractivity contribution in [3.8, 4) is 0 Å². The Morgan fingerprint density at radius 2 is 2.20 bits per heavy atom. The topological polar surface area (TPSA) is 66.7 Å². The minimum absolute atomic E-state index is 0.161. The molecule has 0 radical (unpaired) electrons. The van der Waals surface area contributed by atoms with E-state index in [0.717, 1.165) is 17.4 Å². The molecule has 0 unspecified atom stereocenters. The number of pyridine rings is 1. The number of rotatable bonds is 5. The van der Waals surface area contributed by atoms with Gasteiger partial charge in [-0.3, -0.25) is 4.98 Å². The van der Waals surface area contributed by atoms with E-state index in [0.29, 0.717) is 17.3 Å². The number of anilines is 1. The lowest BCUT2D eigenvalue weighted by molar-refractivity contribution is -0.856. The number of likely N-dealkylation sites (N-methyl/N-ethyl adjacent to an activating group) is 1. The molecule has 0 spiro atoms. The van der Waals surface area contributed by atoms with Gasteiger partial charge < -0.3 is 15.3 Å². The summed E-state index contributed by atoms with van der Waals surface area (Å²) in [6.07, 6.45) is 1.38. The third kappa shape index (κ3) is 3.18. The molecule has 0 aliphatic rings. The Hall–Kier alpha value is -1.85. The fraction of sp³-hybridized carbons (Fsp3) is 0.286. The van der Waals surface area contributed by atoms with Crippen LogP contribution in [0.5, 0.6) is 0 Å². The molecule has 0 aliphatic heterocycles. The lowest BCUT2D eigenvalue weighted by Gasteiger charge is -2.14. The molecule has 6 heteroatoms. The molecule has 2 aromatic rings. The van der Waals surface area contributed by atoms with Gasteiger partial charge in [0.1, 0.15) is 5.56 Å². The molecule has 0 atom stereocenters. The van der Waals surface area contributed by atoms with Crippen LogP contribution in [-0.4, -0.2) is 43.2 Å². The molecule has 1 aromatic carbocycles. The fourth-order valence-electron chi connectivity index (χ4n) is 1.95. The first-order valence-corrected chi connectivity index (χ1v) is 6.71. The zero-order valence-electron chi connectivity index (χ0n) is 11.4. The van der Waals surface area contributed by atoms with Gasteiger partial charge in [-0.05, 0) is 18.2 Å². The van der Waals surface area contributed by atoms with E-state index in [-0.39, 0.29) is 5.56 Å². The van der Waals surface area contributed by atoms with Crippen LogP contribution >= 0.6 is 11.6 Å². The largest absolute Gasteiger partial charge is 0.478 e. The van der Waals surface area contributed by atoms with Crippen LogP contribution < -0.4 is 10.2 Å². The summed E-state index contributed by atoms with van der Waals surface area (Å²) in [7, 11) is 4.09. The first-order valence-electron chi connectivity index (χ1n) is 6.33. The van der Waals surface area contributed by atoms with E-state index in [1.165, 1.54) is 11.1 Å². The van der Waals surface area contributed by atoms with Crippen molar-refractivity contribution < 1.29 is 14.8 Å². The van der Waals surface area contributed by atoms with E-state index in [4.69, 9.17) is 11.6 Å². The number of nitrogens with zero attached hydrogens (tertiary/aromatic N) is 1. The van der Waals surface area contributed by atoms with Crippen molar-refractivity contribution in [1.29, 1.82) is 0 Å². The average molecular weight is 295 g/mol.